The molecule has 4 aromatic rings. The molecule has 1 N–H and O–H groups in total. The number of benzene rings is 3. The van der Waals surface area contributed by atoms with Gasteiger partial charge in [-0.05, 0) is 20.8 Å². The van der Waals surface area contributed by atoms with Crippen LogP contribution in [0.1, 0.15) is 37.6 Å². The molecule has 1 atom stereocenters. The van der Waals surface area contributed by atoms with Crippen molar-refractivity contribution >= 4 is 62.2 Å². The van der Waals surface area contributed by atoms with E-state index < -0.39 is 41.0 Å². The number of hydrogen-bond donors (Lipinski definition) is 1. The molecule has 14 heteroatoms. The van der Waals surface area contributed by atoms with E-state index in [2.05, 4.69) is 10.3 Å². The second-order valence-corrected chi connectivity index (χ2v) is 19.5. The first-order chi connectivity index (χ1) is 23.8. The van der Waals surface area contributed by atoms with E-state index in [1.165, 1.54) is 16.2 Å². The van der Waals surface area contributed by atoms with Crippen molar-refractivity contribution in [1.29, 1.82) is 0 Å². The summed E-state index contributed by atoms with van der Waals surface area (Å²) in [6.07, 6.45) is 4.73. The van der Waals surface area contributed by atoms with Gasteiger partial charge >= 0.3 is 262 Å². The zero-order valence-electron chi connectivity index (χ0n) is 28.1. The van der Waals surface area contributed by atoms with Gasteiger partial charge < -0.3 is 4.74 Å². The second-order valence-electron chi connectivity index (χ2n) is 12.8. The van der Waals surface area contributed by atoms with Gasteiger partial charge in [-0.25, -0.2) is 4.79 Å². The first kappa shape index (κ1) is 35.4. The van der Waals surface area contributed by atoms with Crippen molar-refractivity contribution in [3.63, 3.8) is 0 Å². The minimum absolute atomic E-state index is 0.140. The number of aromatic nitrogens is 1. The van der Waals surface area contributed by atoms with Crippen molar-refractivity contribution in [3.8, 4) is 0 Å². The number of nitrogens with one attached hydrogen (secondary N) is 1. The number of rotatable bonds is 11. The minimum atomic E-state index is -4.97. The van der Waals surface area contributed by atoms with Crippen LogP contribution in [0, 0.1) is 0 Å². The van der Waals surface area contributed by atoms with Crippen LogP contribution in [-0.4, -0.2) is 60.2 Å². The zero-order valence-corrected chi connectivity index (χ0v) is 30.7. The van der Waals surface area contributed by atoms with E-state index in [1.807, 2.05) is 110 Å². The van der Waals surface area contributed by atoms with Crippen molar-refractivity contribution in [3.05, 3.63) is 125 Å². The Balaban J connectivity index is 1.35. The Hall–Kier alpha value is -4.39. The number of fused-ring (bicyclic) bond motifs is 2. The van der Waals surface area contributed by atoms with Crippen LogP contribution < -0.4 is 21.2 Å². The molecule has 1 saturated heterocycles. The third-order valence-electron chi connectivity index (χ3n) is 8.30. The van der Waals surface area contributed by atoms with E-state index in [0.717, 1.165) is 5.06 Å². The summed E-state index contributed by atoms with van der Waals surface area (Å²) in [4.78, 5) is 32.5. The molecular weight excluding hydrogens is 696 g/mol. The molecule has 1 fully saturated rings. The summed E-state index contributed by atoms with van der Waals surface area (Å²) < 4.78 is 46.7. The number of hydroxylamine groups is 2. The molecule has 0 spiro atoms. The Morgan fingerprint density at radius 2 is 1.54 bits per heavy atom. The fraction of sp³-hybridized carbons (Fsp3) is 0.250. The molecule has 0 saturated carbocycles. The number of ether oxygens (including phenoxy) is 1. The second kappa shape index (κ2) is 13.7. The first-order valence-electron chi connectivity index (χ1n) is 16.0. The Morgan fingerprint density at radius 1 is 0.980 bits per heavy atom. The number of alkyl carbamates (subject to hydrolysis) is 1. The van der Waals surface area contributed by atoms with E-state index in [-0.39, 0.29) is 19.6 Å². The SMILES string of the molecule is CC=CP(OS(=O)(=O)ON1C(=O)N2CC=C(c3cnc(CNC(=O)OC(C)(C)C)s3)C1C2)(c1ccccc1)(c1ccccc1)c1ccccc1. The fourth-order valence-corrected chi connectivity index (χ4v) is 14.7. The Labute approximate surface area is 296 Å². The maximum absolute atomic E-state index is 14.5. The number of nitrogens with zero attached hydrogens (tertiary/aromatic N) is 3. The van der Waals surface area contributed by atoms with Crippen LogP contribution in [0.15, 0.2) is 115 Å². The van der Waals surface area contributed by atoms with Crippen molar-refractivity contribution in [2.45, 2.75) is 45.9 Å². The van der Waals surface area contributed by atoms with Gasteiger partial charge in [0.15, 0.2) is 0 Å². The maximum atomic E-state index is 14.5. The molecule has 2 aliphatic heterocycles. The number of carbonyl (C=O) groups excluding carboxylic acids is 2. The Kier molecular flexibility index (Phi) is 9.73. The number of thiazole rings is 1. The molecule has 6 rings (SSSR count). The third kappa shape index (κ3) is 6.71. The molecule has 2 bridgehead atoms. The molecule has 3 amide bonds. The molecule has 11 nitrogen and oxygen atoms in total. The molecule has 1 unspecified atom stereocenters. The van der Waals surface area contributed by atoms with E-state index >= 15 is 0 Å². The van der Waals surface area contributed by atoms with Gasteiger partial charge in [0.25, 0.3) is 0 Å². The molecule has 3 aromatic carbocycles. The summed E-state index contributed by atoms with van der Waals surface area (Å²) in [7, 11) is -4.97. The number of carbonyl (C=O) groups is 2. The van der Waals surface area contributed by atoms with Gasteiger partial charge in [-0.2, -0.15) is 0 Å². The quantitative estimate of drug-likeness (QED) is 0.191. The molecule has 1 aromatic heterocycles. The van der Waals surface area contributed by atoms with Crippen LogP contribution in [0.3, 0.4) is 0 Å². The zero-order chi connectivity index (χ0) is 35.6. The van der Waals surface area contributed by atoms with Gasteiger partial charge in [-0.1, -0.05) is 0 Å². The van der Waals surface area contributed by atoms with Crippen LogP contribution >= 0.6 is 18.2 Å². The van der Waals surface area contributed by atoms with Crippen molar-refractivity contribution < 1.29 is 31.0 Å². The number of amides is 3. The van der Waals surface area contributed by atoms with Crippen LogP contribution in [0.25, 0.3) is 5.57 Å². The predicted octanol–water partition coefficient (Wildman–Crippen LogP) is 5.84. The van der Waals surface area contributed by atoms with Crippen molar-refractivity contribution in [2.75, 3.05) is 13.1 Å². The molecule has 50 heavy (non-hydrogen) atoms. The normalized spacial score (nSPS) is 17.4. The standard InChI is InChI=1S/C36H39N4O7PS2/c1-5-23-48(27-15-9-6-10-16-27,28-17-11-7-12-18-28,29-19-13-8-14-20-29)47-50(43,44)46-40-31-26-39(35(40)42)22-21-30(31)32-24-37-33(49-32)25-38-34(41)45-36(2,3)4/h5-21,23-24,31H,22,25-26H2,1-4H3,(H,38,41). The Morgan fingerprint density at radius 3 is 2.06 bits per heavy atom. The molecule has 0 radical (unpaired) electrons. The topological polar surface area (TPSA) is 127 Å². The van der Waals surface area contributed by atoms with Crippen molar-refractivity contribution in [1.82, 2.24) is 20.3 Å². The van der Waals surface area contributed by atoms with Gasteiger partial charge in [0.05, 0.1) is 0 Å². The van der Waals surface area contributed by atoms with E-state index in [0.29, 0.717) is 31.4 Å². The van der Waals surface area contributed by atoms with Crippen LogP contribution in [0.4, 0.5) is 9.59 Å². The van der Waals surface area contributed by atoms with Crippen LogP contribution in [0.2, 0.25) is 0 Å². The van der Waals surface area contributed by atoms with E-state index in [9.17, 15) is 18.0 Å². The van der Waals surface area contributed by atoms with Crippen molar-refractivity contribution in [2.24, 2.45) is 0 Å². The predicted molar refractivity (Wildman–Crippen MR) is 197 cm³/mol. The van der Waals surface area contributed by atoms with E-state index in [1.54, 1.807) is 33.0 Å². The summed E-state index contributed by atoms with van der Waals surface area (Å²) >= 11 is 1.32. The van der Waals surface area contributed by atoms with Gasteiger partial charge in [-0.15, -0.1) is 0 Å². The molecule has 0 aliphatic carbocycles. The Bertz CT molecular complexity index is 1930. The summed E-state index contributed by atoms with van der Waals surface area (Å²) in [6.45, 7) is 3.27. The number of allylic oxidation sites excluding steroid dienone is 1. The number of hydrogen-bond acceptors (Lipinski definition) is 9. The number of urea groups is 1. The van der Waals surface area contributed by atoms with Crippen LogP contribution in [-0.2, 0) is 29.9 Å². The summed E-state index contributed by atoms with van der Waals surface area (Å²) in [6, 6.07) is 26.4. The fourth-order valence-electron chi connectivity index (χ4n) is 6.31. The molecule has 2 aliphatic rings. The van der Waals surface area contributed by atoms with Gasteiger partial charge in [-0.3, -0.25) is 0 Å². The monoisotopic (exact) mass is 734 g/mol. The summed E-state index contributed by atoms with van der Waals surface area (Å²) in [5, 5.41) is 6.09. The molecule has 262 valence electrons. The average molecular weight is 735 g/mol. The third-order valence-corrected chi connectivity index (χ3v) is 16.5. The van der Waals surface area contributed by atoms with E-state index in [4.69, 9.17) is 13.0 Å². The molecule has 3 heterocycles. The molecular formula is C36H39N4O7PS2. The average Bonchev–Trinajstić information content (AvgIpc) is 3.66. The van der Waals surface area contributed by atoms with Gasteiger partial charge in [0.2, 0.25) is 0 Å². The first-order valence-corrected chi connectivity index (χ1v) is 20.4. The van der Waals surface area contributed by atoms with Gasteiger partial charge in [0, 0.05) is 0 Å². The van der Waals surface area contributed by atoms with Gasteiger partial charge in [0.1, 0.15) is 5.60 Å². The van der Waals surface area contributed by atoms with Crippen LogP contribution in [0.5, 0.6) is 0 Å². The summed E-state index contributed by atoms with van der Waals surface area (Å²) in [5.41, 5.74) is 0.0421. The summed E-state index contributed by atoms with van der Waals surface area (Å²) in [5.74, 6) is 1.83.